The Morgan fingerprint density at radius 2 is 1.93 bits per heavy atom. The number of imide groups is 1. The fourth-order valence-corrected chi connectivity index (χ4v) is 2.52. The van der Waals surface area contributed by atoms with E-state index in [-0.39, 0.29) is 17.9 Å². The summed E-state index contributed by atoms with van der Waals surface area (Å²) in [4.78, 5) is 25.0. The van der Waals surface area contributed by atoms with Crippen molar-refractivity contribution in [3.63, 3.8) is 0 Å². The van der Waals surface area contributed by atoms with E-state index in [4.69, 9.17) is 0 Å². The lowest BCUT2D eigenvalue weighted by Crippen LogP contribution is -2.54. The first kappa shape index (κ1) is 10.6. The highest BCUT2D eigenvalue weighted by Gasteiger charge is 2.36. The number of hydrogen-bond acceptors (Lipinski definition) is 3. The van der Waals surface area contributed by atoms with Crippen LogP contribution in [0.3, 0.4) is 0 Å². The zero-order valence-corrected chi connectivity index (χ0v) is 9.16. The van der Waals surface area contributed by atoms with Crippen molar-refractivity contribution in [2.24, 2.45) is 5.92 Å². The summed E-state index contributed by atoms with van der Waals surface area (Å²) in [6, 6.07) is 0.131. The maximum absolute atomic E-state index is 11.7. The van der Waals surface area contributed by atoms with Crippen molar-refractivity contribution in [3.05, 3.63) is 0 Å². The Morgan fingerprint density at radius 3 is 2.53 bits per heavy atom. The molecule has 2 fully saturated rings. The van der Waals surface area contributed by atoms with Gasteiger partial charge in [0.15, 0.2) is 0 Å². The van der Waals surface area contributed by atoms with Crippen LogP contribution in [0.5, 0.6) is 0 Å². The Balaban J connectivity index is 2.12. The molecular weight excluding hydrogens is 192 g/mol. The van der Waals surface area contributed by atoms with E-state index in [1.165, 1.54) is 4.90 Å². The SMILES string of the molecule is CC1CNCCC1N1C(=O)CCCC1=O. The molecule has 2 amide bonds. The third-order valence-corrected chi connectivity index (χ3v) is 3.39. The first-order valence-electron chi connectivity index (χ1n) is 5.76. The number of likely N-dealkylation sites (tertiary alicyclic amines) is 1. The molecular formula is C11H18N2O2. The largest absolute Gasteiger partial charge is 0.316 e. The molecule has 1 N–H and O–H groups in total. The summed E-state index contributed by atoms with van der Waals surface area (Å²) < 4.78 is 0. The van der Waals surface area contributed by atoms with E-state index in [1.54, 1.807) is 0 Å². The van der Waals surface area contributed by atoms with Crippen LogP contribution in [0, 0.1) is 5.92 Å². The highest BCUT2D eigenvalue weighted by molar-refractivity contribution is 5.97. The molecule has 0 saturated carbocycles. The lowest BCUT2D eigenvalue weighted by molar-refractivity contribution is -0.152. The highest BCUT2D eigenvalue weighted by atomic mass is 16.2. The topological polar surface area (TPSA) is 49.4 Å². The Kier molecular flexibility index (Phi) is 3.05. The van der Waals surface area contributed by atoms with Crippen LogP contribution >= 0.6 is 0 Å². The Labute approximate surface area is 90.0 Å². The zero-order valence-electron chi connectivity index (χ0n) is 9.16. The van der Waals surface area contributed by atoms with Gasteiger partial charge in [-0.25, -0.2) is 0 Å². The van der Waals surface area contributed by atoms with Crippen LogP contribution in [0.15, 0.2) is 0 Å². The first-order chi connectivity index (χ1) is 7.20. The summed E-state index contributed by atoms with van der Waals surface area (Å²) in [6.45, 7) is 3.92. The lowest BCUT2D eigenvalue weighted by atomic mass is 9.91. The van der Waals surface area contributed by atoms with Crippen LogP contribution in [0.1, 0.15) is 32.6 Å². The predicted molar refractivity (Wildman–Crippen MR) is 56.1 cm³/mol. The first-order valence-corrected chi connectivity index (χ1v) is 5.76. The molecule has 2 unspecified atom stereocenters. The van der Waals surface area contributed by atoms with Crippen LogP contribution in [0.25, 0.3) is 0 Å². The average molecular weight is 210 g/mol. The van der Waals surface area contributed by atoms with Crippen LogP contribution in [0.2, 0.25) is 0 Å². The van der Waals surface area contributed by atoms with Gasteiger partial charge < -0.3 is 5.32 Å². The standard InChI is InChI=1S/C11H18N2O2/c1-8-7-12-6-5-9(8)13-10(14)3-2-4-11(13)15/h8-9,12H,2-7H2,1H3. The molecule has 4 nitrogen and oxygen atoms in total. The molecule has 0 bridgehead atoms. The molecule has 2 aliphatic heterocycles. The average Bonchev–Trinajstić information content (AvgIpc) is 2.20. The molecule has 15 heavy (non-hydrogen) atoms. The van der Waals surface area contributed by atoms with Gasteiger partial charge in [-0.2, -0.15) is 0 Å². The van der Waals surface area contributed by atoms with Crippen LogP contribution < -0.4 is 5.32 Å². The summed E-state index contributed by atoms with van der Waals surface area (Å²) in [5.74, 6) is 0.444. The smallest absolute Gasteiger partial charge is 0.229 e. The third kappa shape index (κ3) is 2.04. The molecule has 0 spiro atoms. The van der Waals surface area contributed by atoms with Crippen molar-refractivity contribution in [1.29, 1.82) is 0 Å². The predicted octanol–water partition coefficient (Wildman–Crippen LogP) is 0.523. The fourth-order valence-electron chi connectivity index (χ4n) is 2.52. The molecule has 0 aromatic carbocycles. The monoisotopic (exact) mass is 210 g/mol. The van der Waals surface area contributed by atoms with Crippen LogP contribution in [-0.2, 0) is 9.59 Å². The second kappa shape index (κ2) is 4.31. The van der Waals surface area contributed by atoms with Crippen LogP contribution in [0.4, 0.5) is 0 Å². The van der Waals surface area contributed by atoms with Crippen molar-refractivity contribution in [1.82, 2.24) is 10.2 Å². The third-order valence-electron chi connectivity index (χ3n) is 3.39. The van der Waals surface area contributed by atoms with Gasteiger partial charge in [-0.3, -0.25) is 14.5 Å². The van der Waals surface area contributed by atoms with Gasteiger partial charge in [-0.15, -0.1) is 0 Å². The van der Waals surface area contributed by atoms with Gasteiger partial charge in [0.2, 0.25) is 11.8 Å². The molecule has 2 heterocycles. The van der Waals surface area contributed by atoms with Crippen molar-refractivity contribution in [2.75, 3.05) is 13.1 Å². The van der Waals surface area contributed by atoms with Gasteiger partial charge in [0.05, 0.1) is 0 Å². The molecule has 2 aliphatic rings. The molecule has 0 radical (unpaired) electrons. The maximum atomic E-state index is 11.7. The Bertz CT molecular complexity index is 262. The summed E-state index contributed by atoms with van der Waals surface area (Å²) in [6.07, 6.45) is 2.72. The van der Waals surface area contributed by atoms with Gasteiger partial charge >= 0.3 is 0 Å². The van der Waals surface area contributed by atoms with E-state index < -0.39 is 0 Å². The van der Waals surface area contributed by atoms with Crippen molar-refractivity contribution < 1.29 is 9.59 Å². The summed E-state index contributed by atoms with van der Waals surface area (Å²) >= 11 is 0. The van der Waals surface area contributed by atoms with E-state index in [9.17, 15) is 9.59 Å². The highest BCUT2D eigenvalue weighted by Crippen LogP contribution is 2.23. The minimum atomic E-state index is 0.0324. The summed E-state index contributed by atoms with van der Waals surface area (Å²) in [5.41, 5.74) is 0. The number of amides is 2. The normalized spacial score (nSPS) is 33.3. The molecule has 84 valence electrons. The van der Waals surface area contributed by atoms with Gasteiger partial charge in [-0.05, 0) is 31.8 Å². The number of piperidine rings is 2. The minimum absolute atomic E-state index is 0.0324. The van der Waals surface area contributed by atoms with E-state index in [0.29, 0.717) is 18.8 Å². The fraction of sp³-hybridized carbons (Fsp3) is 0.818. The van der Waals surface area contributed by atoms with Gasteiger partial charge in [0.25, 0.3) is 0 Å². The summed E-state index contributed by atoms with van der Waals surface area (Å²) in [7, 11) is 0. The second-order valence-corrected chi connectivity index (χ2v) is 4.55. The van der Waals surface area contributed by atoms with Crippen molar-refractivity contribution >= 4 is 11.8 Å². The Hall–Kier alpha value is -0.900. The van der Waals surface area contributed by atoms with Gasteiger partial charge in [0.1, 0.15) is 0 Å². The van der Waals surface area contributed by atoms with E-state index in [1.807, 2.05) is 0 Å². The maximum Gasteiger partial charge on any atom is 0.229 e. The number of nitrogens with zero attached hydrogens (tertiary/aromatic N) is 1. The number of rotatable bonds is 1. The van der Waals surface area contributed by atoms with Gasteiger partial charge in [-0.1, -0.05) is 6.92 Å². The Morgan fingerprint density at radius 1 is 1.27 bits per heavy atom. The molecule has 0 aliphatic carbocycles. The van der Waals surface area contributed by atoms with Crippen LogP contribution in [-0.4, -0.2) is 35.8 Å². The second-order valence-electron chi connectivity index (χ2n) is 4.55. The summed E-state index contributed by atoms with van der Waals surface area (Å²) in [5, 5.41) is 3.28. The zero-order chi connectivity index (χ0) is 10.8. The van der Waals surface area contributed by atoms with Gasteiger partial charge in [0, 0.05) is 18.9 Å². The quantitative estimate of drug-likeness (QED) is 0.642. The molecule has 0 aromatic heterocycles. The number of nitrogens with one attached hydrogen (secondary N) is 1. The number of carbonyl (C=O) groups is 2. The molecule has 2 atom stereocenters. The van der Waals surface area contributed by atoms with Crippen molar-refractivity contribution in [2.45, 2.75) is 38.6 Å². The number of hydrogen-bond donors (Lipinski definition) is 1. The van der Waals surface area contributed by atoms with E-state index >= 15 is 0 Å². The molecule has 4 heteroatoms. The molecule has 2 saturated heterocycles. The molecule has 0 aromatic rings. The number of carbonyl (C=O) groups excluding carboxylic acids is 2. The van der Waals surface area contributed by atoms with E-state index in [0.717, 1.165) is 25.9 Å². The lowest BCUT2D eigenvalue weighted by Gasteiger charge is -2.39. The minimum Gasteiger partial charge on any atom is -0.316 e. The van der Waals surface area contributed by atoms with E-state index in [2.05, 4.69) is 12.2 Å². The molecule has 2 rings (SSSR count). The van der Waals surface area contributed by atoms with Crippen molar-refractivity contribution in [3.8, 4) is 0 Å².